The van der Waals surface area contributed by atoms with Crippen LogP contribution in [0.3, 0.4) is 0 Å². The standard InChI is InChI=1S/C22H25NO4/c1-13-18(22(2,3)19(13)27-4)23-20(24)16-11-7-5-9-14(16)15-10-6-8-12-17(15)21(25)26/h5-13,18-19H,1-4H3,(H,23,24)(H,25,26). The Morgan fingerprint density at radius 1 is 1.00 bits per heavy atom. The van der Waals surface area contributed by atoms with Crippen LogP contribution in [0.5, 0.6) is 0 Å². The number of hydrogen-bond donors (Lipinski definition) is 2. The van der Waals surface area contributed by atoms with Crippen molar-refractivity contribution in [3.8, 4) is 11.1 Å². The molecule has 0 saturated heterocycles. The fourth-order valence-corrected chi connectivity index (χ4v) is 4.46. The third-order valence-corrected chi connectivity index (χ3v) is 5.70. The number of hydrogen-bond acceptors (Lipinski definition) is 3. The van der Waals surface area contributed by atoms with Crippen molar-refractivity contribution in [2.24, 2.45) is 11.3 Å². The Kier molecular flexibility index (Phi) is 5.07. The minimum atomic E-state index is -1.02. The van der Waals surface area contributed by atoms with Gasteiger partial charge >= 0.3 is 5.97 Å². The highest BCUT2D eigenvalue weighted by Crippen LogP contribution is 2.47. The van der Waals surface area contributed by atoms with Crippen molar-refractivity contribution in [1.82, 2.24) is 5.32 Å². The zero-order chi connectivity index (χ0) is 19.8. The highest BCUT2D eigenvalue weighted by atomic mass is 16.5. The summed E-state index contributed by atoms with van der Waals surface area (Å²) in [6.07, 6.45) is 0.0887. The van der Waals surface area contributed by atoms with E-state index in [-0.39, 0.29) is 34.9 Å². The van der Waals surface area contributed by atoms with Crippen LogP contribution >= 0.6 is 0 Å². The average molecular weight is 367 g/mol. The lowest BCUT2D eigenvalue weighted by atomic mass is 9.58. The van der Waals surface area contributed by atoms with Gasteiger partial charge in [-0.25, -0.2) is 4.79 Å². The van der Waals surface area contributed by atoms with E-state index in [0.717, 1.165) is 0 Å². The Labute approximate surface area is 159 Å². The molecule has 1 saturated carbocycles. The highest BCUT2D eigenvalue weighted by Gasteiger charge is 2.55. The zero-order valence-electron chi connectivity index (χ0n) is 16.0. The first-order valence-electron chi connectivity index (χ1n) is 9.04. The van der Waals surface area contributed by atoms with Gasteiger partial charge in [0.2, 0.25) is 0 Å². The van der Waals surface area contributed by atoms with Gasteiger partial charge in [0.25, 0.3) is 5.91 Å². The fourth-order valence-electron chi connectivity index (χ4n) is 4.46. The average Bonchev–Trinajstić information content (AvgIpc) is 2.66. The number of carboxylic acids is 1. The molecule has 2 aromatic rings. The number of carbonyl (C=O) groups is 2. The summed E-state index contributed by atoms with van der Waals surface area (Å²) in [5.74, 6) is -1.02. The SMILES string of the molecule is COC1C(C)C(NC(=O)c2ccccc2-c2ccccc2C(=O)O)C1(C)C. The summed E-state index contributed by atoms with van der Waals surface area (Å²) in [5.41, 5.74) is 1.62. The van der Waals surface area contributed by atoms with Crippen molar-refractivity contribution in [2.75, 3.05) is 7.11 Å². The van der Waals surface area contributed by atoms with Crippen molar-refractivity contribution in [3.05, 3.63) is 59.7 Å². The quantitative estimate of drug-likeness (QED) is 0.842. The zero-order valence-corrected chi connectivity index (χ0v) is 16.0. The first-order valence-corrected chi connectivity index (χ1v) is 9.04. The molecule has 142 valence electrons. The Morgan fingerprint density at radius 2 is 1.52 bits per heavy atom. The number of ether oxygens (including phenoxy) is 1. The lowest BCUT2D eigenvalue weighted by Crippen LogP contribution is -2.67. The van der Waals surface area contributed by atoms with E-state index in [9.17, 15) is 14.7 Å². The normalized spacial score (nSPS) is 23.3. The van der Waals surface area contributed by atoms with Gasteiger partial charge in [0.05, 0.1) is 11.7 Å². The highest BCUT2D eigenvalue weighted by molar-refractivity contribution is 6.04. The number of amides is 1. The second-order valence-electron chi connectivity index (χ2n) is 7.68. The van der Waals surface area contributed by atoms with Crippen LogP contribution < -0.4 is 5.32 Å². The summed E-state index contributed by atoms with van der Waals surface area (Å²) >= 11 is 0. The molecule has 1 fully saturated rings. The maximum Gasteiger partial charge on any atom is 0.336 e. The number of nitrogens with one attached hydrogen (secondary N) is 1. The summed E-state index contributed by atoms with van der Waals surface area (Å²) in [6.45, 7) is 6.23. The van der Waals surface area contributed by atoms with E-state index in [1.807, 2.05) is 6.07 Å². The van der Waals surface area contributed by atoms with Crippen molar-refractivity contribution >= 4 is 11.9 Å². The van der Waals surface area contributed by atoms with Gasteiger partial charge in [-0.1, -0.05) is 57.2 Å². The predicted octanol–water partition coefficient (Wildman–Crippen LogP) is 3.84. The monoisotopic (exact) mass is 367 g/mol. The minimum absolute atomic E-state index is 0.0160. The van der Waals surface area contributed by atoms with E-state index in [0.29, 0.717) is 16.7 Å². The van der Waals surface area contributed by atoms with Gasteiger partial charge in [-0.2, -0.15) is 0 Å². The van der Waals surface area contributed by atoms with Crippen molar-refractivity contribution in [3.63, 3.8) is 0 Å². The maximum absolute atomic E-state index is 13.1. The Balaban J connectivity index is 1.94. The molecule has 0 aliphatic heterocycles. The third-order valence-electron chi connectivity index (χ3n) is 5.70. The van der Waals surface area contributed by atoms with Crippen LogP contribution in [0.4, 0.5) is 0 Å². The molecule has 3 unspecified atom stereocenters. The van der Waals surface area contributed by atoms with Crippen LogP contribution in [0.15, 0.2) is 48.5 Å². The minimum Gasteiger partial charge on any atom is -0.478 e. The van der Waals surface area contributed by atoms with Gasteiger partial charge in [0.1, 0.15) is 0 Å². The second kappa shape index (κ2) is 7.16. The summed E-state index contributed by atoms with van der Waals surface area (Å²) in [7, 11) is 1.69. The summed E-state index contributed by atoms with van der Waals surface area (Å²) in [5, 5.41) is 12.6. The molecule has 0 bridgehead atoms. The Hall–Kier alpha value is -2.66. The lowest BCUT2D eigenvalue weighted by Gasteiger charge is -2.56. The Morgan fingerprint density at radius 3 is 2.04 bits per heavy atom. The number of rotatable bonds is 5. The van der Waals surface area contributed by atoms with Crippen molar-refractivity contribution in [2.45, 2.75) is 32.9 Å². The first-order chi connectivity index (χ1) is 12.8. The van der Waals surface area contributed by atoms with Crippen LogP contribution in [-0.4, -0.2) is 36.2 Å². The van der Waals surface area contributed by atoms with Gasteiger partial charge < -0.3 is 15.2 Å². The van der Waals surface area contributed by atoms with Crippen LogP contribution in [0, 0.1) is 11.3 Å². The lowest BCUT2D eigenvalue weighted by molar-refractivity contribution is -0.141. The molecule has 3 rings (SSSR count). The van der Waals surface area contributed by atoms with Crippen LogP contribution in [0.2, 0.25) is 0 Å². The van der Waals surface area contributed by atoms with E-state index >= 15 is 0 Å². The van der Waals surface area contributed by atoms with Gasteiger partial charge in [-0.15, -0.1) is 0 Å². The molecule has 0 radical (unpaired) electrons. The largest absolute Gasteiger partial charge is 0.478 e. The number of methoxy groups -OCH3 is 1. The van der Waals surface area contributed by atoms with Crippen LogP contribution in [0.25, 0.3) is 11.1 Å². The first kappa shape index (κ1) is 19.1. The summed E-state index contributed by atoms with van der Waals surface area (Å²) in [6, 6.07) is 13.8. The Bertz CT molecular complexity index is 874. The number of aromatic carboxylic acids is 1. The summed E-state index contributed by atoms with van der Waals surface area (Å²) in [4.78, 5) is 24.6. The third kappa shape index (κ3) is 3.23. The molecular weight excluding hydrogens is 342 g/mol. The molecule has 0 spiro atoms. The van der Waals surface area contributed by atoms with E-state index in [1.165, 1.54) is 0 Å². The molecule has 2 aromatic carbocycles. The van der Waals surface area contributed by atoms with Crippen molar-refractivity contribution < 1.29 is 19.4 Å². The van der Waals surface area contributed by atoms with E-state index in [1.54, 1.807) is 49.6 Å². The number of carbonyl (C=O) groups excluding carboxylic acids is 1. The molecule has 27 heavy (non-hydrogen) atoms. The van der Waals surface area contributed by atoms with Gasteiger partial charge in [-0.3, -0.25) is 4.79 Å². The number of carboxylic acid groups (broad SMARTS) is 1. The molecule has 1 aliphatic carbocycles. The van der Waals surface area contributed by atoms with Gasteiger partial charge in [0, 0.05) is 30.0 Å². The van der Waals surface area contributed by atoms with Crippen LogP contribution in [-0.2, 0) is 4.74 Å². The molecule has 2 N–H and O–H groups in total. The molecule has 3 atom stereocenters. The fraction of sp³-hybridized carbons (Fsp3) is 0.364. The number of benzene rings is 2. The van der Waals surface area contributed by atoms with Gasteiger partial charge in [-0.05, 0) is 23.3 Å². The molecule has 5 heteroatoms. The maximum atomic E-state index is 13.1. The molecule has 1 amide bonds. The molecular formula is C22H25NO4. The molecule has 5 nitrogen and oxygen atoms in total. The van der Waals surface area contributed by atoms with Crippen LogP contribution in [0.1, 0.15) is 41.5 Å². The molecule has 1 aliphatic rings. The van der Waals surface area contributed by atoms with E-state index in [4.69, 9.17) is 4.74 Å². The smallest absolute Gasteiger partial charge is 0.336 e. The molecule has 0 heterocycles. The van der Waals surface area contributed by atoms with E-state index < -0.39 is 5.97 Å². The predicted molar refractivity (Wildman–Crippen MR) is 104 cm³/mol. The van der Waals surface area contributed by atoms with Gasteiger partial charge in [0.15, 0.2) is 0 Å². The van der Waals surface area contributed by atoms with Crippen molar-refractivity contribution in [1.29, 1.82) is 0 Å². The topological polar surface area (TPSA) is 75.6 Å². The van der Waals surface area contributed by atoms with E-state index in [2.05, 4.69) is 26.1 Å². The molecule has 0 aromatic heterocycles. The summed E-state index contributed by atoms with van der Waals surface area (Å²) < 4.78 is 5.55. The second-order valence-corrected chi connectivity index (χ2v) is 7.68.